The number of benzene rings is 2. The van der Waals surface area contributed by atoms with Gasteiger partial charge in [0.1, 0.15) is 0 Å². The molecule has 0 saturated carbocycles. The zero-order valence-corrected chi connectivity index (χ0v) is 24.3. The molecule has 9 heteroatoms. The van der Waals surface area contributed by atoms with E-state index < -0.39 is 12.0 Å². The summed E-state index contributed by atoms with van der Waals surface area (Å²) < 4.78 is 13.6. The van der Waals surface area contributed by atoms with Crippen LogP contribution in [0.4, 0.5) is 0 Å². The van der Waals surface area contributed by atoms with E-state index in [0.29, 0.717) is 42.4 Å². The number of halogens is 1. The van der Waals surface area contributed by atoms with E-state index in [9.17, 15) is 14.7 Å². The van der Waals surface area contributed by atoms with E-state index >= 15 is 0 Å². The first-order valence-corrected chi connectivity index (χ1v) is 14.0. The van der Waals surface area contributed by atoms with E-state index in [4.69, 9.17) is 9.47 Å². The molecular weight excluding hydrogens is 603 g/mol. The number of esters is 1. The summed E-state index contributed by atoms with van der Waals surface area (Å²) in [5.74, 6) is 0.301. The molecule has 0 unspecified atom stereocenters. The number of nitrogens with zero attached hydrogens (tertiary/aromatic N) is 2. The van der Waals surface area contributed by atoms with Crippen LogP contribution in [0, 0.1) is 3.57 Å². The highest BCUT2D eigenvalue weighted by Crippen LogP contribution is 2.34. The fourth-order valence-electron chi connectivity index (χ4n) is 4.26. The summed E-state index contributed by atoms with van der Waals surface area (Å²) in [5, 5.41) is 10.3. The Bertz CT molecular complexity index is 1550. The van der Waals surface area contributed by atoms with Crippen molar-refractivity contribution in [3.05, 3.63) is 87.6 Å². The SMILES string of the molecule is CCOC(=O)C1=C(C)N=c2s/c(=C\c3cc(I)c(O)c(OCC)c3)c(=O)n2[C@@H]1c1ccc(C(C)C)cc1. The second-order valence-electron chi connectivity index (χ2n) is 8.91. The number of phenols is 1. The molecule has 1 aliphatic rings. The van der Waals surface area contributed by atoms with E-state index in [2.05, 4.69) is 18.8 Å². The third kappa shape index (κ3) is 5.38. The summed E-state index contributed by atoms with van der Waals surface area (Å²) in [6.07, 6.45) is 1.76. The van der Waals surface area contributed by atoms with Crippen molar-refractivity contribution in [1.29, 1.82) is 0 Å². The number of allylic oxidation sites excluding steroid dienone is 1. The minimum absolute atomic E-state index is 0.0700. The van der Waals surface area contributed by atoms with E-state index in [-0.39, 0.29) is 17.9 Å². The minimum atomic E-state index is -0.655. The second kappa shape index (κ2) is 11.2. The summed E-state index contributed by atoms with van der Waals surface area (Å²) in [7, 11) is 0. The number of hydrogen-bond acceptors (Lipinski definition) is 7. The molecule has 0 aliphatic carbocycles. The average molecular weight is 633 g/mol. The molecule has 0 spiro atoms. The van der Waals surface area contributed by atoms with Crippen molar-refractivity contribution < 1.29 is 19.4 Å². The number of ether oxygens (including phenoxy) is 2. The molecule has 4 rings (SSSR count). The number of carbonyl (C=O) groups is 1. The van der Waals surface area contributed by atoms with Crippen molar-refractivity contribution in [2.24, 2.45) is 4.99 Å². The predicted octanol–water partition coefficient (Wildman–Crippen LogP) is 4.63. The average Bonchev–Trinajstić information content (AvgIpc) is 3.15. The normalized spacial score (nSPS) is 15.5. The number of fused-ring (bicyclic) bond motifs is 1. The quantitative estimate of drug-likeness (QED) is 0.303. The van der Waals surface area contributed by atoms with Crippen LogP contribution in [-0.4, -0.2) is 28.9 Å². The largest absolute Gasteiger partial charge is 0.504 e. The van der Waals surface area contributed by atoms with Crippen LogP contribution in [0.25, 0.3) is 6.08 Å². The third-order valence-electron chi connectivity index (χ3n) is 6.08. The number of phenolic OH excluding ortho intramolecular Hbond substituents is 1. The maximum absolute atomic E-state index is 13.8. The van der Waals surface area contributed by atoms with Crippen molar-refractivity contribution in [3.63, 3.8) is 0 Å². The number of rotatable bonds is 7. The Labute approximate surface area is 232 Å². The van der Waals surface area contributed by atoms with Crippen molar-refractivity contribution in [3.8, 4) is 11.5 Å². The van der Waals surface area contributed by atoms with Crippen LogP contribution in [0.2, 0.25) is 0 Å². The summed E-state index contributed by atoms with van der Waals surface area (Å²) in [6.45, 7) is 10.2. The lowest BCUT2D eigenvalue weighted by atomic mass is 9.93. The first-order chi connectivity index (χ1) is 17.7. The molecule has 1 atom stereocenters. The van der Waals surface area contributed by atoms with E-state index in [1.54, 1.807) is 36.6 Å². The van der Waals surface area contributed by atoms with Gasteiger partial charge in [0.15, 0.2) is 16.3 Å². The smallest absolute Gasteiger partial charge is 0.338 e. The van der Waals surface area contributed by atoms with Crippen molar-refractivity contribution in [2.75, 3.05) is 13.2 Å². The third-order valence-corrected chi connectivity index (χ3v) is 7.89. The van der Waals surface area contributed by atoms with Gasteiger partial charge < -0.3 is 14.6 Å². The molecule has 2 aromatic carbocycles. The molecule has 1 N–H and O–H groups in total. The maximum atomic E-state index is 13.8. The van der Waals surface area contributed by atoms with E-state index in [1.807, 2.05) is 53.8 Å². The first kappa shape index (κ1) is 27.1. The zero-order chi connectivity index (χ0) is 26.9. The molecule has 194 valence electrons. The first-order valence-electron chi connectivity index (χ1n) is 12.1. The fraction of sp³-hybridized carbons (Fsp3) is 0.321. The van der Waals surface area contributed by atoms with Crippen LogP contribution >= 0.6 is 33.9 Å². The van der Waals surface area contributed by atoms with Gasteiger partial charge in [-0.15, -0.1) is 0 Å². The molecule has 2 heterocycles. The lowest BCUT2D eigenvalue weighted by molar-refractivity contribution is -0.139. The monoisotopic (exact) mass is 632 g/mol. The van der Waals surface area contributed by atoms with E-state index in [1.165, 1.54) is 16.9 Å². The lowest BCUT2D eigenvalue weighted by Crippen LogP contribution is -2.39. The Balaban J connectivity index is 1.92. The van der Waals surface area contributed by atoms with Gasteiger partial charge >= 0.3 is 5.97 Å². The molecule has 0 amide bonds. The fourth-order valence-corrected chi connectivity index (χ4v) is 5.94. The summed E-state index contributed by atoms with van der Waals surface area (Å²) in [4.78, 5) is 32.0. The van der Waals surface area contributed by atoms with Gasteiger partial charge in [-0.3, -0.25) is 9.36 Å². The molecule has 0 bridgehead atoms. The van der Waals surface area contributed by atoms with Gasteiger partial charge in [0.2, 0.25) is 0 Å². The number of aromatic hydroxyl groups is 1. The molecule has 0 radical (unpaired) electrons. The van der Waals surface area contributed by atoms with Crippen LogP contribution in [0.3, 0.4) is 0 Å². The van der Waals surface area contributed by atoms with Gasteiger partial charge in [0.05, 0.1) is 38.6 Å². The summed E-state index contributed by atoms with van der Waals surface area (Å²) >= 11 is 3.29. The highest BCUT2D eigenvalue weighted by molar-refractivity contribution is 14.1. The van der Waals surface area contributed by atoms with Gasteiger partial charge in [-0.25, -0.2) is 9.79 Å². The van der Waals surface area contributed by atoms with Crippen molar-refractivity contribution in [2.45, 2.75) is 46.6 Å². The van der Waals surface area contributed by atoms with Gasteiger partial charge in [-0.2, -0.15) is 0 Å². The Morgan fingerprint density at radius 3 is 2.54 bits per heavy atom. The molecule has 0 fully saturated rings. The standard InChI is InChI=1S/C28H29IN2O5S/c1-6-35-21-13-17(12-20(29)25(21)32)14-22-26(33)31-24(19-10-8-18(9-11-19)15(3)4)23(27(34)36-7-2)16(5)30-28(31)37-22/h8-15,24,32H,6-7H2,1-5H3/b22-14-/t24-/m1/s1. The maximum Gasteiger partial charge on any atom is 0.338 e. The van der Waals surface area contributed by atoms with Crippen LogP contribution in [0.1, 0.15) is 63.3 Å². The molecular formula is C28H29IN2O5S. The van der Waals surface area contributed by atoms with Crippen molar-refractivity contribution >= 4 is 46.0 Å². The molecule has 3 aromatic rings. The number of carbonyl (C=O) groups excluding carboxylic acids is 1. The van der Waals surface area contributed by atoms with Gasteiger partial charge in [-0.05, 0) is 84.2 Å². The molecule has 37 heavy (non-hydrogen) atoms. The molecule has 0 saturated heterocycles. The summed E-state index contributed by atoms with van der Waals surface area (Å²) in [5.41, 5.74) is 3.33. The Morgan fingerprint density at radius 2 is 1.92 bits per heavy atom. The molecule has 7 nitrogen and oxygen atoms in total. The highest BCUT2D eigenvalue weighted by Gasteiger charge is 2.33. The second-order valence-corrected chi connectivity index (χ2v) is 11.1. The van der Waals surface area contributed by atoms with Crippen LogP contribution in [-0.2, 0) is 9.53 Å². The summed E-state index contributed by atoms with van der Waals surface area (Å²) in [6, 6.07) is 10.8. The Morgan fingerprint density at radius 1 is 1.22 bits per heavy atom. The van der Waals surface area contributed by atoms with Crippen LogP contribution < -0.4 is 19.6 Å². The number of thiazole rings is 1. The number of aromatic nitrogens is 1. The van der Waals surface area contributed by atoms with Crippen molar-refractivity contribution in [1.82, 2.24) is 4.57 Å². The topological polar surface area (TPSA) is 90.1 Å². The Kier molecular flexibility index (Phi) is 8.23. The van der Waals surface area contributed by atoms with Gasteiger partial charge in [-0.1, -0.05) is 49.4 Å². The zero-order valence-electron chi connectivity index (χ0n) is 21.4. The van der Waals surface area contributed by atoms with E-state index in [0.717, 1.165) is 11.1 Å². The molecule has 1 aromatic heterocycles. The van der Waals surface area contributed by atoms with Gasteiger partial charge in [0, 0.05) is 0 Å². The lowest BCUT2D eigenvalue weighted by Gasteiger charge is -2.25. The minimum Gasteiger partial charge on any atom is -0.504 e. The van der Waals surface area contributed by atoms with Crippen LogP contribution in [0.15, 0.2) is 57.5 Å². The van der Waals surface area contributed by atoms with Gasteiger partial charge in [0.25, 0.3) is 5.56 Å². The highest BCUT2D eigenvalue weighted by atomic mass is 127. The number of hydrogen-bond donors (Lipinski definition) is 1. The predicted molar refractivity (Wildman–Crippen MR) is 153 cm³/mol. The molecule has 1 aliphatic heterocycles. The van der Waals surface area contributed by atoms with Crippen LogP contribution in [0.5, 0.6) is 11.5 Å². The Hall–Kier alpha value is -2.92.